The zero-order valence-corrected chi connectivity index (χ0v) is 14.2. The van der Waals surface area contributed by atoms with Gasteiger partial charge in [0.2, 0.25) is 0 Å². The summed E-state index contributed by atoms with van der Waals surface area (Å²) in [5.41, 5.74) is 10.3. The van der Waals surface area contributed by atoms with Gasteiger partial charge in [-0.2, -0.15) is 0 Å². The van der Waals surface area contributed by atoms with Crippen LogP contribution in [0.15, 0.2) is 6.07 Å². The molecule has 0 saturated carbocycles. The molecule has 0 radical (unpaired) electrons. The van der Waals surface area contributed by atoms with E-state index in [0.717, 1.165) is 41.0 Å². The molecule has 0 heterocycles. The zero-order chi connectivity index (χ0) is 16.2. The first-order valence-electron chi connectivity index (χ1n) is 7.61. The summed E-state index contributed by atoms with van der Waals surface area (Å²) in [7, 11) is 4.02. The first kappa shape index (κ1) is 18.0. The highest BCUT2D eigenvalue weighted by Crippen LogP contribution is 2.32. The van der Waals surface area contributed by atoms with Gasteiger partial charge in [-0.05, 0) is 83.1 Å². The SMILES string of the molecule is CCOc1cc(C)c(C(O)C(N)CCN(C)C)c(C)c1C. The molecule has 1 aromatic carbocycles. The second-order valence-corrected chi connectivity index (χ2v) is 5.99. The highest BCUT2D eigenvalue weighted by Gasteiger charge is 2.23. The third kappa shape index (κ3) is 4.43. The van der Waals surface area contributed by atoms with Gasteiger partial charge in [0.15, 0.2) is 0 Å². The minimum atomic E-state index is -0.640. The number of aliphatic hydroxyl groups excluding tert-OH is 1. The normalized spacial score (nSPS) is 14.3. The van der Waals surface area contributed by atoms with Gasteiger partial charge < -0.3 is 20.5 Å². The van der Waals surface area contributed by atoms with Crippen LogP contribution in [0, 0.1) is 20.8 Å². The third-order valence-electron chi connectivity index (χ3n) is 4.02. The van der Waals surface area contributed by atoms with Gasteiger partial charge >= 0.3 is 0 Å². The fourth-order valence-electron chi connectivity index (χ4n) is 2.60. The van der Waals surface area contributed by atoms with Crippen molar-refractivity contribution >= 4 is 0 Å². The van der Waals surface area contributed by atoms with E-state index in [1.807, 2.05) is 47.9 Å². The second kappa shape index (κ2) is 7.78. The molecule has 2 atom stereocenters. The van der Waals surface area contributed by atoms with Gasteiger partial charge in [0.05, 0.1) is 12.7 Å². The Hall–Kier alpha value is -1.10. The van der Waals surface area contributed by atoms with Crippen molar-refractivity contribution in [3.63, 3.8) is 0 Å². The molecule has 0 aliphatic heterocycles. The third-order valence-corrected chi connectivity index (χ3v) is 4.02. The van der Waals surface area contributed by atoms with Crippen LogP contribution in [0.4, 0.5) is 0 Å². The Morgan fingerprint density at radius 1 is 1.24 bits per heavy atom. The number of aliphatic hydroxyl groups is 1. The predicted octanol–water partition coefficient (Wildman–Crippen LogP) is 2.32. The fourth-order valence-corrected chi connectivity index (χ4v) is 2.60. The first-order valence-corrected chi connectivity index (χ1v) is 7.61. The van der Waals surface area contributed by atoms with E-state index >= 15 is 0 Å². The number of nitrogens with two attached hydrogens (primary N) is 1. The largest absolute Gasteiger partial charge is 0.494 e. The lowest BCUT2D eigenvalue weighted by Crippen LogP contribution is -2.33. The van der Waals surface area contributed by atoms with Crippen LogP contribution in [0.5, 0.6) is 5.75 Å². The quantitative estimate of drug-likeness (QED) is 0.810. The summed E-state index contributed by atoms with van der Waals surface area (Å²) in [6.07, 6.45) is 0.124. The molecule has 0 amide bonds. The lowest BCUT2D eigenvalue weighted by molar-refractivity contribution is 0.136. The van der Waals surface area contributed by atoms with E-state index in [0.29, 0.717) is 6.61 Å². The van der Waals surface area contributed by atoms with Gasteiger partial charge in [-0.3, -0.25) is 0 Å². The smallest absolute Gasteiger partial charge is 0.122 e. The van der Waals surface area contributed by atoms with Crippen LogP contribution in [0.1, 0.15) is 41.7 Å². The Labute approximate surface area is 128 Å². The lowest BCUT2D eigenvalue weighted by Gasteiger charge is -2.25. The number of nitrogens with zero attached hydrogens (tertiary/aromatic N) is 1. The Bertz CT molecular complexity index is 472. The van der Waals surface area contributed by atoms with Crippen LogP contribution in [0.3, 0.4) is 0 Å². The van der Waals surface area contributed by atoms with Gasteiger partial charge in [0, 0.05) is 6.04 Å². The molecule has 120 valence electrons. The van der Waals surface area contributed by atoms with Crippen LogP contribution < -0.4 is 10.5 Å². The highest BCUT2D eigenvalue weighted by atomic mass is 16.5. The van der Waals surface area contributed by atoms with Crippen LogP contribution in [-0.2, 0) is 0 Å². The summed E-state index contributed by atoms with van der Waals surface area (Å²) in [6, 6.07) is 1.74. The molecule has 2 unspecified atom stereocenters. The Kier molecular flexibility index (Phi) is 6.65. The van der Waals surface area contributed by atoms with Crippen molar-refractivity contribution in [2.24, 2.45) is 5.73 Å². The summed E-state index contributed by atoms with van der Waals surface area (Å²) < 4.78 is 5.65. The Balaban J connectivity index is 3.04. The number of benzene rings is 1. The van der Waals surface area contributed by atoms with Crippen molar-refractivity contribution in [1.82, 2.24) is 4.90 Å². The number of aryl methyl sites for hydroxylation is 1. The van der Waals surface area contributed by atoms with E-state index in [1.54, 1.807) is 0 Å². The number of hydrogen-bond acceptors (Lipinski definition) is 4. The zero-order valence-electron chi connectivity index (χ0n) is 14.2. The molecule has 21 heavy (non-hydrogen) atoms. The van der Waals surface area contributed by atoms with Crippen LogP contribution in [0.25, 0.3) is 0 Å². The maximum absolute atomic E-state index is 10.6. The first-order chi connectivity index (χ1) is 9.79. The number of ether oxygens (including phenoxy) is 1. The van der Waals surface area contributed by atoms with E-state index in [-0.39, 0.29) is 6.04 Å². The molecule has 0 aliphatic rings. The molecule has 3 N–H and O–H groups in total. The highest BCUT2D eigenvalue weighted by molar-refractivity contribution is 5.49. The maximum Gasteiger partial charge on any atom is 0.122 e. The summed E-state index contributed by atoms with van der Waals surface area (Å²) in [4.78, 5) is 2.08. The van der Waals surface area contributed by atoms with Crippen molar-refractivity contribution in [3.05, 3.63) is 28.3 Å². The van der Waals surface area contributed by atoms with Crippen LogP contribution >= 0.6 is 0 Å². The standard InChI is InChI=1S/C17H30N2O2/c1-7-21-15-10-11(2)16(13(4)12(15)3)17(20)14(18)8-9-19(5)6/h10,14,17,20H,7-9,18H2,1-6H3. The van der Waals surface area contributed by atoms with Crippen molar-refractivity contribution in [1.29, 1.82) is 0 Å². The molecular weight excluding hydrogens is 264 g/mol. The average Bonchev–Trinajstić information content (AvgIpc) is 2.41. The number of hydrogen-bond donors (Lipinski definition) is 2. The molecule has 0 aliphatic carbocycles. The summed E-state index contributed by atoms with van der Waals surface area (Å²) >= 11 is 0. The Morgan fingerprint density at radius 3 is 2.38 bits per heavy atom. The van der Waals surface area contributed by atoms with E-state index in [1.165, 1.54) is 0 Å². The predicted molar refractivity (Wildman–Crippen MR) is 87.9 cm³/mol. The van der Waals surface area contributed by atoms with E-state index in [2.05, 4.69) is 4.90 Å². The van der Waals surface area contributed by atoms with E-state index in [9.17, 15) is 5.11 Å². The Morgan fingerprint density at radius 2 is 1.86 bits per heavy atom. The van der Waals surface area contributed by atoms with Crippen molar-refractivity contribution in [2.45, 2.75) is 46.3 Å². The lowest BCUT2D eigenvalue weighted by atomic mass is 9.89. The summed E-state index contributed by atoms with van der Waals surface area (Å²) in [5, 5.41) is 10.6. The van der Waals surface area contributed by atoms with E-state index < -0.39 is 6.10 Å². The molecule has 1 aromatic rings. The molecule has 0 aromatic heterocycles. The second-order valence-electron chi connectivity index (χ2n) is 5.99. The van der Waals surface area contributed by atoms with Gasteiger partial charge in [0.25, 0.3) is 0 Å². The molecule has 0 bridgehead atoms. The van der Waals surface area contributed by atoms with Crippen molar-refractivity contribution < 1.29 is 9.84 Å². The molecule has 0 saturated heterocycles. The topological polar surface area (TPSA) is 58.7 Å². The minimum Gasteiger partial charge on any atom is -0.494 e. The fraction of sp³-hybridized carbons (Fsp3) is 0.647. The van der Waals surface area contributed by atoms with Gasteiger partial charge in [-0.15, -0.1) is 0 Å². The van der Waals surface area contributed by atoms with Crippen molar-refractivity contribution in [3.8, 4) is 5.75 Å². The molecule has 1 rings (SSSR count). The van der Waals surface area contributed by atoms with Gasteiger partial charge in [-0.1, -0.05) is 0 Å². The molecule has 0 fully saturated rings. The maximum atomic E-state index is 10.6. The van der Waals surface area contributed by atoms with Crippen LogP contribution in [-0.4, -0.2) is 43.3 Å². The van der Waals surface area contributed by atoms with Crippen molar-refractivity contribution in [2.75, 3.05) is 27.2 Å². The molecule has 0 spiro atoms. The summed E-state index contributed by atoms with van der Waals surface area (Å²) in [5.74, 6) is 0.894. The van der Waals surface area contributed by atoms with Gasteiger partial charge in [-0.25, -0.2) is 0 Å². The monoisotopic (exact) mass is 294 g/mol. The molecule has 4 heteroatoms. The summed E-state index contributed by atoms with van der Waals surface area (Å²) in [6.45, 7) is 9.55. The molecule has 4 nitrogen and oxygen atoms in total. The van der Waals surface area contributed by atoms with Crippen LogP contribution in [0.2, 0.25) is 0 Å². The molecular formula is C17H30N2O2. The minimum absolute atomic E-state index is 0.262. The van der Waals surface area contributed by atoms with Gasteiger partial charge in [0.1, 0.15) is 5.75 Å². The van der Waals surface area contributed by atoms with E-state index in [4.69, 9.17) is 10.5 Å². The average molecular weight is 294 g/mol. The number of rotatable bonds is 7.